The highest BCUT2D eigenvalue weighted by atomic mass is 35.5. The van der Waals surface area contributed by atoms with Crippen LogP contribution in [-0.2, 0) is 21.2 Å². The zero-order valence-corrected chi connectivity index (χ0v) is 18.9. The standard InChI is InChI=1S/C24H23ClN2O3S/c1-17-15-19-9-6-7-13-23(19)27(17)24(28)16-26(22-14-8-12-21(25)18(22)2)31(29,30)20-10-4-3-5-11-20/h3-14,17H,15-16H2,1-2H3. The minimum Gasteiger partial charge on any atom is -0.307 e. The topological polar surface area (TPSA) is 57.7 Å². The van der Waals surface area contributed by atoms with Crippen molar-refractivity contribution in [1.82, 2.24) is 0 Å². The number of para-hydroxylation sites is 1. The highest BCUT2D eigenvalue weighted by Crippen LogP contribution is 2.34. The Morgan fingerprint density at radius 1 is 1.03 bits per heavy atom. The summed E-state index contributed by atoms with van der Waals surface area (Å²) >= 11 is 6.29. The van der Waals surface area contributed by atoms with Crippen LogP contribution in [0.1, 0.15) is 18.1 Å². The summed E-state index contributed by atoms with van der Waals surface area (Å²) in [7, 11) is -3.99. The second-order valence-electron chi connectivity index (χ2n) is 7.65. The summed E-state index contributed by atoms with van der Waals surface area (Å²) in [6, 6.07) is 20.9. The second-order valence-corrected chi connectivity index (χ2v) is 9.92. The number of anilines is 2. The van der Waals surface area contributed by atoms with Gasteiger partial charge in [-0.15, -0.1) is 0 Å². The molecule has 0 radical (unpaired) electrons. The fourth-order valence-electron chi connectivity index (χ4n) is 4.03. The Kier molecular flexibility index (Phi) is 5.77. The van der Waals surface area contributed by atoms with E-state index < -0.39 is 10.0 Å². The van der Waals surface area contributed by atoms with E-state index in [1.165, 1.54) is 16.4 Å². The second kappa shape index (κ2) is 8.36. The van der Waals surface area contributed by atoms with E-state index in [1.54, 1.807) is 48.2 Å². The van der Waals surface area contributed by atoms with Gasteiger partial charge in [0, 0.05) is 16.8 Å². The van der Waals surface area contributed by atoms with Crippen molar-refractivity contribution in [3.63, 3.8) is 0 Å². The van der Waals surface area contributed by atoms with Gasteiger partial charge in [-0.1, -0.05) is 54.1 Å². The Morgan fingerprint density at radius 2 is 1.71 bits per heavy atom. The third-order valence-corrected chi connectivity index (χ3v) is 7.78. The van der Waals surface area contributed by atoms with Gasteiger partial charge in [0.05, 0.1) is 10.6 Å². The van der Waals surface area contributed by atoms with Crippen LogP contribution in [0, 0.1) is 6.92 Å². The maximum atomic E-state index is 13.6. The van der Waals surface area contributed by atoms with Gasteiger partial charge in [-0.3, -0.25) is 9.10 Å². The molecule has 0 N–H and O–H groups in total. The first-order chi connectivity index (χ1) is 14.8. The predicted molar refractivity (Wildman–Crippen MR) is 124 cm³/mol. The molecular formula is C24H23ClN2O3S. The number of halogens is 1. The third-order valence-electron chi connectivity index (χ3n) is 5.59. The zero-order valence-electron chi connectivity index (χ0n) is 17.3. The van der Waals surface area contributed by atoms with Crippen molar-refractivity contribution >= 4 is 38.9 Å². The van der Waals surface area contributed by atoms with E-state index in [4.69, 9.17) is 11.6 Å². The first kappa shape index (κ1) is 21.4. The molecule has 1 aliphatic heterocycles. The maximum Gasteiger partial charge on any atom is 0.264 e. The Morgan fingerprint density at radius 3 is 2.45 bits per heavy atom. The molecule has 0 aliphatic carbocycles. The number of sulfonamides is 1. The number of amides is 1. The van der Waals surface area contributed by atoms with Crippen LogP contribution in [0.15, 0.2) is 77.7 Å². The lowest BCUT2D eigenvalue weighted by atomic mass is 10.1. The molecule has 0 bridgehead atoms. The zero-order chi connectivity index (χ0) is 22.2. The summed E-state index contributed by atoms with van der Waals surface area (Å²) in [5.74, 6) is -0.281. The molecule has 0 saturated heterocycles. The van der Waals surface area contributed by atoms with Crippen molar-refractivity contribution in [1.29, 1.82) is 0 Å². The monoisotopic (exact) mass is 454 g/mol. The Labute approximate surface area is 187 Å². The van der Waals surface area contributed by atoms with E-state index >= 15 is 0 Å². The maximum absolute atomic E-state index is 13.6. The molecule has 0 saturated carbocycles. The summed E-state index contributed by atoms with van der Waals surface area (Å²) in [6.45, 7) is 3.40. The van der Waals surface area contributed by atoms with Gasteiger partial charge in [-0.05, 0) is 61.7 Å². The van der Waals surface area contributed by atoms with Crippen molar-refractivity contribution in [2.75, 3.05) is 15.7 Å². The van der Waals surface area contributed by atoms with Gasteiger partial charge in [0.1, 0.15) is 6.54 Å². The number of nitrogens with zero attached hydrogens (tertiary/aromatic N) is 2. The van der Waals surface area contributed by atoms with Crippen LogP contribution in [0.5, 0.6) is 0 Å². The smallest absolute Gasteiger partial charge is 0.264 e. The molecule has 0 aromatic heterocycles. The SMILES string of the molecule is Cc1c(Cl)cccc1N(CC(=O)N1c2ccccc2CC1C)S(=O)(=O)c1ccccc1. The van der Waals surface area contributed by atoms with E-state index in [1.807, 2.05) is 31.2 Å². The first-order valence-corrected chi connectivity index (χ1v) is 11.9. The number of carbonyl (C=O) groups is 1. The average molecular weight is 455 g/mol. The lowest BCUT2D eigenvalue weighted by Gasteiger charge is -2.30. The highest BCUT2D eigenvalue weighted by Gasteiger charge is 2.35. The number of rotatable bonds is 5. The normalized spacial score (nSPS) is 15.6. The van der Waals surface area contributed by atoms with Gasteiger partial charge in [-0.25, -0.2) is 8.42 Å². The Balaban J connectivity index is 1.77. The molecule has 1 unspecified atom stereocenters. The molecule has 160 valence electrons. The van der Waals surface area contributed by atoms with Crippen LogP contribution < -0.4 is 9.21 Å². The van der Waals surface area contributed by atoms with Crippen molar-refractivity contribution in [2.24, 2.45) is 0 Å². The van der Waals surface area contributed by atoms with E-state index in [9.17, 15) is 13.2 Å². The van der Waals surface area contributed by atoms with E-state index in [0.717, 1.165) is 17.7 Å². The number of hydrogen-bond acceptors (Lipinski definition) is 3. The van der Waals surface area contributed by atoms with Crippen LogP contribution in [0.2, 0.25) is 5.02 Å². The quantitative estimate of drug-likeness (QED) is 0.555. The van der Waals surface area contributed by atoms with Gasteiger partial charge < -0.3 is 4.90 Å². The van der Waals surface area contributed by atoms with Crippen LogP contribution in [0.3, 0.4) is 0 Å². The largest absolute Gasteiger partial charge is 0.307 e. The van der Waals surface area contributed by atoms with Gasteiger partial charge >= 0.3 is 0 Å². The molecule has 1 atom stereocenters. The number of hydrogen-bond donors (Lipinski definition) is 0. The molecule has 1 heterocycles. The van der Waals surface area contributed by atoms with Crippen molar-refractivity contribution < 1.29 is 13.2 Å². The summed E-state index contributed by atoms with van der Waals surface area (Å²) in [4.78, 5) is 15.3. The predicted octanol–water partition coefficient (Wildman–Crippen LogP) is 4.82. The Bertz CT molecular complexity index is 1230. The van der Waals surface area contributed by atoms with Gasteiger partial charge in [0.2, 0.25) is 5.91 Å². The minimum atomic E-state index is -3.99. The molecule has 1 aliphatic rings. The number of carbonyl (C=O) groups excluding carboxylic acids is 1. The molecule has 4 rings (SSSR count). The van der Waals surface area contributed by atoms with Gasteiger partial charge in [0.15, 0.2) is 0 Å². The molecular weight excluding hydrogens is 432 g/mol. The fourth-order valence-corrected chi connectivity index (χ4v) is 5.69. The highest BCUT2D eigenvalue weighted by molar-refractivity contribution is 7.92. The van der Waals surface area contributed by atoms with Gasteiger partial charge in [0.25, 0.3) is 10.0 Å². The number of fused-ring (bicyclic) bond motifs is 1. The Hall–Kier alpha value is -2.83. The van der Waals surface area contributed by atoms with Crippen LogP contribution >= 0.6 is 11.6 Å². The summed E-state index contributed by atoms with van der Waals surface area (Å²) in [5, 5.41) is 0.443. The lowest BCUT2D eigenvalue weighted by molar-refractivity contribution is -0.117. The molecule has 0 fully saturated rings. The lowest BCUT2D eigenvalue weighted by Crippen LogP contribution is -2.45. The van der Waals surface area contributed by atoms with E-state index in [2.05, 4.69) is 0 Å². The summed E-state index contributed by atoms with van der Waals surface area (Å²) < 4.78 is 28.3. The van der Waals surface area contributed by atoms with E-state index in [0.29, 0.717) is 16.3 Å². The third kappa shape index (κ3) is 3.93. The van der Waals surface area contributed by atoms with Crippen molar-refractivity contribution in [3.05, 3.63) is 88.9 Å². The number of benzene rings is 3. The molecule has 31 heavy (non-hydrogen) atoms. The summed E-state index contributed by atoms with van der Waals surface area (Å²) in [5.41, 5.74) is 2.91. The summed E-state index contributed by atoms with van der Waals surface area (Å²) in [6.07, 6.45) is 0.740. The van der Waals surface area contributed by atoms with E-state index in [-0.39, 0.29) is 23.4 Å². The van der Waals surface area contributed by atoms with Gasteiger partial charge in [-0.2, -0.15) is 0 Å². The van der Waals surface area contributed by atoms with Crippen LogP contribution in [-0.4, -0.2) is 26.9 Å². The molecule has 5 nitrogen and oxygen atoms in total. The van der Waals surface area contributed by atoms with Crippen LogP contribution in [0.25, 0.3) is 0 Å². The minimum absolute atomic E-state index is 0.0494. The molecule has 3 aromatic rings. The molecule has 1 amide bonds. The molecule has 7 heteroatoms. The van der Waals surface area contributed by atoms with Crippen LogP contribution in [0.4, 0.5) is 11.4 Å². The molecule has 3 aromatic carbocycles. The average Bonchev–Trinajstić information content (AvgIpc) is 3.10. The fraction of sp³-hybridized carbons (Fsp3) is 0.208. The first-order valence-electron chi connectivity index (χ1n) is 10.0. The van der Waals surface area contributed by atoms with Crippen molar-refractivity contribution in [3.8, 4) is 0 Å². The molecule has 0 spiro atoms. The van der Waals surface area contributed by atoms with Crippen molar-refractivity contribution in [2.45, 2.75) is 31.2 Å².